The van der Waals surface area contributed by atoms with E-state index in [2.05, 4.69) is 36.0 Å². The molecule has 0 atom stereocenters. The summed E-state index contributed by atoms with van der Waals surface area (Å²) >= 11 is 0. The molecule has 0 bridgehead atoms. The van der Waals surface area contributed by atoms with Crippen molar-refractivity contribution in [2.45, 2.75) is 39.7 Å². The van der Waals surface area contributed by atoms with Crippen molar-refractivity contribution in [3.05, 3.63) is 18.6 Å². The van der Waals surface area contributed by atoms with E-state index in [1.165, 1.54) is 0 Å². The van der Waals surface area contributed by atoms with Gasteiger partial charge in [0.05, 0.1) is 6.20 Å². The Morgan fingerprint density at radius 2 is 2.24 bits per heavy atom. The Morgan fingerprint density at radius 3 is 2.90 bits per heavy atom. The lowest BCUT2D eigenvalue weighted by atomic mass is 10.3. The van der Waals surface area contributed by atoms with E-state index in [1.54, 1.807) is 6.20 Å². The van der Waals surface area contributed by atoms with Crippen molar-refractivity contribution in [2.24, 2.45) is 0 Å². The van der Waals surface area contributed by atoms with Crippen LogP contribution in [0.3, 0.4) is 0 Å². The molecule has 0 aliphatic rings. The summed E-state index contributed by atoms with van der Waals surface area (Å²) in [7, 11) is 0. The highest BCUT2D eigenvalue weighted by atomic mass is 16.3. The molecule has 0 fully saturated rings. The van der Waals surface area contributed by atoms with Crippen LogP contribution in [-0.4, -0.2) is 45.2 Å². The molecule has 0 saturated carbocycles. The van der Waals surface area contributed by atoms with Gasteiger partial charge in [-0.25, -0.2) is 9.97 Å². The standard InChI is InChI=1S/C15H25N5O/c1-4-6-16-13-11-19-9-7-17-14(19)15(18-13)20(12(2)3)8-5-10-21/h7,9,11-12,16,21H,4-6,8,10H2,1-3H3. The number of fused-ring (bicyclic) bond motifs is 1. The zero-order valence-electron chi connectivity index (χ0n) is 13.1. The van der Waals surface area contributed by atoms with E-state index in [-0.39, 0.29) is 6.61 Å². The average Bonchev–Trinajstić information content (AvgIpc) is 2.93. The number of aromatic nitrogens is 3. The van der Waals surface area contributed by atoms with Crippen LogP contribution < -0.4 is 10.2 Å². The summed E-state index contributed by atoms with van der Waals surface area (Å²) in [6.45, 7) is 8.23. The van der Waals surface area contributed by atoms with Gasteiger partial charge in [0.25, 0.3) is 0 Å². The highest BCUT2D eigenvalue weighted by Crippen LogP contribution is 2.23. The largest absolute Gasteiger partial charge is 0.396 e. The summed E-state index contributed by atoms with van der Waals surface area (Å²) in [4.78, 5) is 11.3. The summed E-state index contributed by atoms with van der Waals surface area (Å²) in [6, 6.07) is 0.297. The number of anilines is 2. The molecule has 21 heavy (non-hydrogen) atoms. The van der Waals surface area contributed by atoms with Gasteiger partial charge >= 0.3 is 0 Å². The van der Waals surface area contributed by atoms with E-state index in [1.807, 2.05) is 16.8 Å². The second-order valence-electron chi connectivity index (χ2n) is 5.40. The zero-order valence-corrected chi connectivity index (χ0v) is 13.1. The smallest absolute Gasteiger partial charge is 0.180 e. The maximum Gasteiger partial charge on any atom is 0.180 e. The minimum absolute atomic E-state index is 0.182. The van der Waals surface area contributed by atoms with Crippen LogP contribution in [0.5, 0.6) is 0 Å². The van der Waals surface area contributed by atoms with Gasteiger partial charge in [0, 0.05) is 38.1 Å². The first-order valence-corrected chi connectivity index (χ1v) is 7.62. The molecule has 0 radical (unpaired) electrons. The molecule has 6 nitrogen and oxygen atoms in total. The molecule has 6 heteroatoms. The Kier molecular flexibility index (Phi) is 5.38. The van der Waals surface area contributed by atoms with E-state index in [4.69, 9.17) is 10.1 Å². The third kappa shape index (κ3) is 3.64. The molecule has 0 aromatic carbocycles. The van der Waals surface area contributed by atoms with E-state index < -0.39 is 0 Å². The van der Waals surface area contributed by atoms with Crippen molar-refractivity contribution in [2.75, 3.05) is 29.9 Å². The van der Waals surface area contributed by atoms with E-state index in [9.17, 15) is 0 Å². The van der Waals surface area contributed by atoms with Crippen LogP contribution in [0, 0.1) is 0 Å². The second-order valence-corrected chi connectivity index (χ2v) is 5.40. The molecule has 2 aromatic heterocycles. The van der Waals surface area contributed by atoms with Gasteiger partial charge < -0.3 is 19.7 Å². The van der Waals surface area contributed by atoms with Gasteiger partial charge in [-0.3, -0.25) is 0 Å². The Labute approximate surface area is 125 Å². The molecule has 0 saturated heterocycles. The predicted molar refractivity (Wildman–Crippen MR) is 86.0 cm³/mol. The first-order valence-electron chi connectivity index (χ1n) is 7.62. The van der Waals surface area contributed by atoms with Crippen LogP contribution >= 0.6 is 0 Å². The molecule has 0 unspecified atom stereocenters. The molecule has 2 N–H and O–H groups in total. The maximum absolute atomic E-state index is 9.11. The summed E-state index contributed by atoms with van der Waals surface area (Å²) in [6.07, 6.45) is 7.46. The molecule has 0 spiro atoms. The van der Waals surface area contributed by atoms with Gasteiger partial charge in [0.2, 0.25) is 0 Å². The fourth-order valence-electron chi connectivity index (χ4n) is 2.30. The highest BCUT2D eigenvalue weighted by molar-refractivity contribution is 5.67. The lowest BCUT2D eigenvalue weighted by Crippen LogP contribution is -2.33. The molecule has 2 aromatic rings. The van der Waals surface area contributed by atoms with E-state index in [0.29, 0.717) is 6.04 Å². The Balaban J connectivity index is 2.40. The number of rotatable bonds is 8. The number of imidazole rings is 1. The number of aliphatic hydroxyl groups is 1. The van der Waals surface area contributed by atoms with Crippen molar-refractivity contribution in [1.82, 2.24) is 14.4 Å². The Bertz CT molecular complexity index is 566. The molecular formula is C15H25N5O. The topological polar surface area (TPSA) is 65.7 Å². The number of aliphatic hydroxyl groups excluding tert-OH is 1. The zero-order chi connectivity index (χ0) is 15.2. The minimum atomic E-state index is 0.182. The van der Waals surface area contributed by atoms with Gasteiger partial charge in [-0.05, 0) is 26.7 Å². The van der Waals surface area contributed by atoms with E-state index in [0.717, 1.165) is 43.2 Å². The monoisotopic (exact) mass is 291 g/mol. The first kappa shape index (κ1) is 15.6. The SMILES string of the molecule is CCCNc1cn2ccnc2c(N(CCCO)C(C)C)n1. The van der Waals surface area contributed by atoms with Gasteiger partial charge in [-0.1, -0.05) is 6.92 Å². The normalized spacial score (nSPS) is 11.3. The van der Waals surface area contributed by atoms with Crippen molar-refractivity contribution in [1.29, 1.82) is 0 Å². The third-order valence-electron chi connectivity index (χ3n) is 3.37. The van der Waals surface area contributed by atoms with Gasteiger partial charge in [0.15, 0.2) is 11.5 Å². The number of hydrogen-bond donors (Lipinski definition) is 2. The van der Waals surface area contributed by atoms with Crippen molar-refractivity contribution >= 4 is 17.3 Å². The summed E-state index contributed by atoms with van der Waals surface area (Å²) < 4.78 is 1.99. The lowest BCUT2D eigenvalue weighted by Gasteiger charge is -2.28. The minimum Gasteiger partial charge on any atom is -0.396 e. The molecule has 2 heterocycles. The third-order valence-corrected chi connectivity index (χ3v) is 3.37. The van der Waals surface area contributed by atoms with Crippen LogP contribution in [0.4, 0.5) is 11.6 Å². The first-order chi connectivity index (χ1) is 10.2. The fraction of sp³-hybridized carbons (Fsp3) is 0.600. The van der Waals surface area contributed by atoms with Gasteiger partial charge in [-0.2, -0.15) is 0 Å². The van der Waals surface area contributed by atoms with Crippen molar-refractivity contribution in [3.8, 4) is 0 Å². The van der Waals surface area contributed by atoms with Crippen molar-refractivity contribution < 1.29 is 5.11 Å². The molecule has 0 amide bonds. The fourth-order valence-corrected chi connectivity index (χ4v) is 2.30. The predicted octanol–water partition coefficient (Wildman–Crippen LogP) is 2.15. The second kappa shape index (κ2) is 7.26. The molecule has 2 rings (SSSR count). The molecular weight excluding hydrogens is 266 g/mol. The van der Waals surface area contributed by atoms with Crippen LogP contribution in [0.15, 0.2) is 18.6 Å². The Hall–Kier alpha value is -1.82. The maximum atomic E-state index is 9.11. The van der Waals surface area contributed by atoms with Crippen molar-refractivity contribution in [3.63, 3.8) is 0 Å². The summed E-state index contributed by atoms with van der Waals surface area (Å²) in [5.41, 5.74) is 0.851. The van der Waals surface area contributed by atoms with Crippen LogP contribution in [-0.2, 0) is 0 Å². The van der Waals surface area contributed by atoms with Crippen LogP contribution in [0.1, 0.15) is 33.6 Å². The lowest BCUT2D eigenvalue weighted by molar-refractivity contribution is 0.288. The van der Waals surface area contributed by atoms with Gasteiger partial charge in [-0.15, -0.1) is 0 Å². The molecule has 116 valence electrons. The quantitative estimate of drug-likeness (QED) is 0.780. The number of nitrogens with one attached hydrogen (secondary N) is 1. The summed E-state index contributed by atoms with van der Waals surface area (Å²) in [5, 5.41) is 12.4. The number of nitrogens with zero attached hydrogens (tertiary/aromatic N) is 4. The summed E-state index contributed by atoms with van der Waals surface area (Å²) in [5.74, 6) is 1.72. The average molecular weight is 291 g/mol. The molecule has 0 aliphatic heterocycles. The van der Waals surface area contributed by atoms with Gasteiger partial charge in [0.1, 0.15) is 5.82 Å². The van der Waals surface area contributed by atoms with E-state index >= 15 is 0 Å². The number of hydrogen-bond acceptors (Lipinski definition) is 5. The Morgan fingerprint density at radius 1 is 1.43 bits per heavy atom. The highest BCUT2D eigenvalue weighted by Gasteiger charge is 2.17. The molecule has 0 aliphatic carbocycles. The van der Waals surface area contributed by atoms with Crippen LogP contribution in [0.2, 0.25) is 0 Å². The van der Waals surface area contributed by atoms with Crippen LogP contribution in [0.25, 0.3) is 5.65 Å².